The van der Waals surface area contributed by atoms with Gasteiger partial charge in [0, 0.05) is 27.4 Å². The lowest BCUT2D eigenvalue weighted by Gasteiger charge is -2.21. The molecule has 0 radical (unpaired) electrons. The lowest BCUT2D eigenvalue weighted by Crippen LogP contribution is -2.35. The first-order valence-electron chi connectivity index (χ1n) is 15.3. The minimum absolute atomic E-state index is 0.0171. The molecule has 0 aliphatic carbocycles. The van der Waals surface area contributed by atoms with Crippen molar-refractivity contribution in [1.82, 2.24) is 0 Å². The zero-order valence-electron chi connectivity index (χ0n) is 26.8. The summed E-state index contributed by atoms with van der Waals surface area (Å²) in [7, 11) is 0. The summed E-state index contributed by atoms with van der Waals surface area (Å²) in [4.78, 5) is 47.6. The molecule has 0 spiro atoms. The molecular formula is C28H43NO15S3. The standard InChI is InChI=1S/C12H20O5S.C8H11NO6S.C8H12O4S/c1-4-14-8(3)17-9-5-15-12-10(18-7(2)13)6-16-11(9)12;1-4(10)16-6-3-14-7-5(15-9(11)12)2-13-8(6)7;1-4(9)13-6-3-12-7-5(10)2-11-8(6)7/h8-12H,4-6H2,1-3H3;5-8H,2-3H2,1H3;5-8,10H,2-3H2,1H3/t8?,9-,10+,11-,12-;2*5-,6+,7-,8-/m111/s1. The zero-order chi connectivity index (χ0) is 34.2. The van der Waals surface area contributed by atoms with Crippen LogP contribution >= 0.6 is 35.3 Å². The zero-order valence-corrected chi connectivity index (χ0v) is 29.2. The molecule has 6 aliphatic heterocycles. The molecule has 6 fully saturated rings. The SMILES string of the molecule is CC(=O)S[C@H]1CO[C@H]2[C@@H]1OC[C@H]2O.CC(=O)S[C@H]1CO[C@H]2[C@@H]1OC[C@H]2O[N+](=O)[O-].CCOC(C)O[C@@H]1CO[C@H]2[C@@H]1OC[C@@H]2SC(C)=O. The van der Waals surface area contributed by atoms with Crippen LogP contribution in [0.3, 0.4) is 0 Å². The van der Waals surface area contributed by atoms with Crippen molar-refractivity contribution in [3.63, 3.8) is 0 Å². The molecule has 6 aliphatic rings. The van der Waals surface area contributed by atoms with Crippen LogP contribution in [-0.4, -0.2) is 149 Å². The Morgan fingerprint density at radius 1 is 0.723 bits per heavy atom. The highest BCUT2D eigenvalue weighted by molar-refractivity contribution is 8.14. The molecule has 0 saturated carbocycles. The minimum Gasteiger partial charge on any atom is -0.388 e. The van der Waals surface area contributed by atoms with Crippen molar-refractivity contribution in [1.29, 1.82) is 0 Å². The van der Waals surface area contributed by atoms with Crippen molar-refractivity contribution in [3.05, 3.63) is 10.1 Å². The van der Waals surface area contributed by atoms with Gasteiger partial charge < -0.3 is 47.8 Å². The number of fused-ring (bicyclic) bond motifs is 3. The van der Waals surface area contributed by atoms with E-state index in [1.165, 1.54) is 37.4 Å². The number of rotatable bonds is 9. The number of carbonyl (C=O) groups is 3. The second kappa shape index (κ2) is 18.2. The highest BCUT2D eigenvalue weighted by Gasteiger charge is 2.51. The molecule has 47 heavy (non-hydrogen) atoms. The number of ether oxygens (including phenoxy) is 8. The van der Waals surface area contributed by atoms with Crippen LogP contribution in [0.1, 0.15) is 34.6 Å². The topological polar surface area (TPSA) is 198 Å². The maximum atomic E-state index is 11.1. The van der Waals surface area contributed by atoms with Crippen LogP contribution in [0.2, 0.25) is 0 Å². The lowest BCUT2D eigenvalue weighted by atomic mass is 10.1. The van der Waals surface area contributed by atoms with Crippen LogP contribution in [0, 0.1) is 10.1 Å². The molecule has 0 aromatic heterocycles. The average Bonchev–Trinajstić information content (AvgIpc) is 3.81. The Labute approximate surface area is 285 Å². The van der Waals surface area contributed by atoms with Gasteiger partial charge in [-0.3, -0.25) is 14.4 Å². The van der Waals surface area contributed by atoms with E-state index in [-0.39, 0.29) is 80.6 Å². The summed E-state index contributed by atoms with van der Waals surface area (Å²) >= 11 is 3.68. The summed E-state index contributed by atoms with van der Waals surface area (Å²) in [5.41, 5.74) is 0. The second-order valence-corrected chi connectivity index (χ2v) is 15.6. The van der Waals surface area contributed by atoms with Gasteiger partial charge in [0.15, 0.2) is 27.7 Å². The van der Waals surface area contributed by atoms with E-state index < -0.39 is 23.4 Å². The molecule has 1 unspecified atom stereocenters. The summed E-state index contributed by atoms with van der Waals surface area (Å²) in [6.45, 7) is 11.3. The monoisotopic (exact) mass is 729 g/mol. The van der Waals surface area contributed by atoms with Crippen molar-refractivity contribution in [2.45, 2.75) is 112 Å². The maximum absolute atomic E-state index is 11.1. The Morgan fingerprint density at radius 2 is 1.13 bits per heavy atom. The molecule has 1 N–H and O–H groups in total. The molecule has 0 bridgehead atoms. The second-order valence-electron chi connectivity index (χ2n) is 11.4. The van der Waals surface area contributed by atoms with Gasteiger partial charge in [0.05, 0.1) is 55.4 Å². The first-order chi connectivity index (χ1) is 22.4. The van der Waals surface area contributed by atoms with Crippen molar-refractivity contribution >= 4 is 50.6 Å². The maximum Gasteiger partial charge on any atom is 0.294 e. The number of hydrogen-bond acceptors (Lipinski definition) is 18. The Balaban J connectivity index is 0.000000162. The fourth-order valence-corrected chi connectivity index (χ4v) is 8.90. The molecule has 6 saturated heterocycles. The Hall–Kier alpha value is -1.10. The fourth-order valence-electron chi connectivity index (χ4n) is 6.08. The van der Waals surface area contributed by atoms with Crippen molar-refractivity contribution in [2.75, 3.05) is 46.2 Å². The molecule has 19 heteroatoms. The van der Waals surface area contributed by atoms with Crippen molar-refractivity contribution in [2.24, 2.45) is 0 Å². The van der Waals surface area contributed by atoms with Crippen molar-refractivity contribution in [3.8, 4) is 0 Å². The van der Waals surface area contributed by atoms with Crippen LogP contribution in [-0.2, 0) is 57.1 Å². The van der Waals surface area contributed by atoms with Crippen LogP contribution in [0.5, 0.6) is 0 Å². The molecule has 13 atom stereocenters. The number of hydrogen-bond donors (Lipinski definition) is 1. The predicted octanol–water partition coefficient (Wildman–Crippen LogP) is 1.00. The Kier molecular flexibility index (Phi) is 15.0. The number of aliphatic hydroxyl groups excluding tert-OH is 1. The van der Waals surface area contributed by atoms with Gasteiger partial charge in [-0.15, -0.1) is 10.1 Å². The van der Waals surface area contributed by atoms with Crippen LogP contribution in [0.4, 0.5) is 0 Å². The van der Waals surface area contributed by atoms with Gasteiger partial charge in [0.2, 0.25) is 0 Å². The van der Waals surface area contributed by atoms with Crippen LogP contribution in [0.25, 0.3) is 0 Å². The predicted molar refractivity (Wildman–Crippen MR) is 168 cm³/mol. The van der Waals surface area contributed by atoms with Crippen LogP contribution < -0.4 is 0 Å². The summed E-state index contributed by atoms with van der Waals surface area (Å²) < 4.78 is 44.0. The molecular weight excluding hydrogens is 687 g/mol. The normalized spacial score (nSPS) is 38.7. The average molecular weight is 730 g/mol. The van der Waals surface area contributed by atoms with E-state index in [1.807, 2.05) is 13.8 Å². The van der Waals surface area contributed by atoms with E-state index in [0.29, 0.717) is 39.6 Å². The van der Waals surface area contributed by atoms with Gasteiger partial charge in [-0.2, -0.15) is 0 Å². The number of aliphatic hydroxyl groups is 1. The summed E-state index contributed by atoms with van der Waals surface area (Å²) in [5, 5.41) is 19.0. The highest BCUT2D eigenvalue weighted by atomic mass is 32.2. The molecule has 16 nitrogen and oxygen atoms in total. The molecule has 268 valence electrons. The first-order valence-corrected chi connectivity index (χ1v) is 18.0. The highest BCUT2D eigenvalue weighted by Crippen LogP contribution is 2.37. The van der Waals surface area contributed by atoms with Gasteiger partial charge in [0.1, 0.15) is 48.8 Å². The third kappa shape index (κ3) is 10.7. The smallest absolute Gasteiger partial charge is 0.294 e. The largest absolute Gasteiger partial charge is 0.388 e. The summed E-state index contributed by atoms with van der Waals surface area (Å²) in [6.07, 6.45) is -2.76. The quantitative estimate of drug-likeness (QED) is 0.200. The summed E-state index contributed by atoms with van der Waals surface area (Å²) in [5.74, 6) is 0. The van der Waals surface area contributed by atoms with E-state index in [1.54, 1.807) is 6.92 Å². The van der Waals surface area contributed by atoms with Gasteiger partial charge in [-0.25, -0.2) is 0 Å². The van der Waals surface area contributed by atoms with Gasteiger partial charge in [-0.1, -0.05) is 35.3 Å². The number of thioether (sulfide) groups is 3. The van der Waals surface area contributed by atoms with Crippen molar-refractivity contribution < 1.29 is 67.3 Å². The van der Waals surface area contributed by atoms with E-state index in [4.69, 9.17) is 37.9 Å². The first kappa shape index (κ1) is 38.7. The minimum atomic E-state index is -0.842. The van der Waals surface area contributed by atoms with E-state index in [9.17, 15) is 29.6 Å². The molecule has 0 amide bonds. The lowest BCUT2D eigenvalue weighted by molar-refractivity contribution is -0.769. The summed E-state index contributed by atoms with van der Waals surface area (Å²) in [6, 6.07) is 0. The van der Waals surface area contributed by atoms with Gasteiger partial charge in [0.25, 0.3) is 5.09 Å². The van der Waals surface area contributed by atoms with Gasteiger partial charge in [-0.05, 0) is 13.8 Å². The third-order valence-corrected chi connectivity index (χ3v) is 11.0. The van der Waals surface area contributed by atoms with E-state index in [2.05, 4.69) is 4.84 Å². The fraction of sp³-hybridized carbons (Fsp3) is 0.893. The molecule has 0 aromatic carbocycles. The Morgan fingerprint density at radius 3 is 1.60 bits per heavy atom. The van der Waals surface area contributed by atoms with Crippen LogP contribution in [0.15, 0.2) is 0 Å². The number of nitrogens with zero attached hydrogens (tertiary/aromatic N) is 1. The molecule has 0 aromatic rings. The third-order valence-electron chi connectivity index (χ3n) is 7.85. The molecule has 6 rings (SSSR count). The van der Waals surface area contributed by atoms with E-state index >= 15 is 0 Å². The van der Waals surface area contributed by atoms with E-state index in [0.717, 1.165) is 11.8 Å². The van der Waals surface area contributed by atoms with Gasteiger partial charge >= 0.3 is 0 Å². The number of carbonyl (C=O) groups excluding carboxylic acids is 3. The Bertz CT molecular complexity index is 1060. The molecule has 6 heterocycles.